The van der Waals surface area contributed by atoms with Crippen molar-refractivity contribution < 1.29 is 61.3 Å². The first-order valence-electron chi connectivity index (χ1n) is 8.35. The van der Waals surface area contributed by atoms with Crippen LogP contribution in [0.2, 0.25) is 0 Å². The second-order valence-corrected chi connectivity index (χ2v) is 5.48. The SMILES string of the molecule is C/C=C/CCCCCN(CCCCC/C=C/C)CC(=O)[O-].[K+]. The Kier molecular flexibility index (Phi) is 22.1. The van der Waals surface area contributed by atoms with Crippen LogP contribution in [0.5, 0.6) is 0 Å². The first-order valence-corrected chi connectivity index (χ1v) is 8.35. The number of hydrogen-bond donors (Lipinski definition) is 0. The van der Waals surface area contributed by atoms with E-state index >= 15 is 0 Å². The summed E-state index contributed by atoms with van der Waals surface area (Å²) < 4.78 is 0. The summed E-state index contributed by atoms with van der Waals surface area (Å²) in [7, 11) is 0. The van der Waals surface area contributed by atoms with Gasteiger partial charge in [-0.05, 0) is 65.5 Å². The first kappa shape index (κ1) is 24.8. The van der Waals surface area contributed by atoms with Crippen molar-refractivity contribution in [1.29, 1.82) is 0 Å². The maximum absolute atomic E-state index is 10.8. The molecule has 22 heavy (non-hydrogen) atoms. The fourth-order valence-corrected chi connectivity index (χ4v) is 2.33. The molecule has 0 fully saturated rings. The molecular weight excluding hydrogens is 301 g/mol. The summed E-state index contributed by atoms with van der Waals surface area (Å²) >= 11 is 0. The van der Waals surface area contributed by atoms with E-state index in [0.29, 0.717) is 0 Å². The molecular formula is C18H32KNO2. The molecule has 0 atom stereocenters. The summed E-state index contributed by atoms with van der Waals surface area (Å²) in [5.41, 5.74) is 0. The predicted octanol–water partition coefficient (Wildman–Crippen LogP) is 0.315. The molecule has 0 N–H and O–H groups in total. The van der Waals surface area contributed by atoms with Crippen LogP contribution in [0, 0.1) is 0 Å². The van der Waals surface area contributed by atoms with E-state index in [-0.39, 0.29) is 57.9 Å². The molecule has 0 aromatic carbocycles. The van der Waals surface area contributed by atoms with Crippen molar-refractivity contribution in [3.63, 3.8) is 0 Å². The second-order valence-electron chi connectivity index (χ2n) is 5.48. The van der Waals surface area contributed by atoms with Gasteiger partial charge in [-0.3, -0.25) is 4.90 Å². The number of carboxylic acids is 1. The first-order chi connectivity index (χ1) is 10.2. The molecule has 0 heterocycles. The molecule has 0 aromatic rings. The van der Waals surface area contributed by atoms with Gasteiger partial charge >= 0.3 is 51.4 Å². The molecule has 0 bridgehead atoms. The van der Waals surface area contributed by atoms with Crippen molar-refractivity contribution in [3.05, 3.63) is 24.3 Å². The van der Waals surface area contributed by atoms with Crippen LogP contribution in [0.25, 0.3) is 0 Å². The Labute approximate surface area is 179 Å². The Bertz CT molecular complexity index is 281. The van der Waals surface area contributed by atoms with Crippen molar-refractivity contribution in [3.8, 4) is 0 Å². The minimum absolute atomic E-state index is 0. The van der Waals surface area contributed by atoms with Crippen LogP contribution in [0.4, 0.5) is 0 Å². The standard InChI is InChI=1S/C18H33NO2.K/c1-3-5-7-9-11-13-15-19(17-18(20)21)16-14-12-10-8-6-4-2;/h3-6H,7-17H2,1-2H3,(H,20,21);/q;+1/p-1/b5-3+,6-4+;. The van der Waals surface area contributed by atoms with Crippen molar-refractivity contribution in [2.24, 2.45) is 0 Å². The van der Waals surface area contributed by atoms with Gasteiger partial charge in [0.05, 0.1) is 5.97 Å². The van der Waals surface area contributed by atoms with E-state index in [1.165, 1.54) is 12.8 Å². The largest absolute Gasteiger partial charge is 1.00 e. The Morgan fingerprint density at radius 1 is 0.864 bits per heavy atom. The number of allylic oxidation sites excluding steroid dienone is 4. The van der Waals surface area contributed by atoms with E-state index in [0.717, 1.165) is 51.6 Å². The van der Waals surface area contributed by atoms with Crippen LogP contribution in [-0.2, 0) is 4.79 Å². The minimum atomic E-state index is -0.960. The second kappa shape index (κ2) is 19.6. The zero-order valence-corrected chi connectivity index (χ0v) is 18.0. The van der Waals surface area contributed by atoms with Crippen molar-refractivity contribution >= 4 is 5.97 Å². The van der Waals surface area contributed by atoms with Gasteiger partial charge < -0.3 is 9.90 Å². The minimum Gasteiger partial charge on any atom is -0.549 e. The van der Waals surface area contributed by atoms with Crippen molar-refractivity contribution in [1.82, 2.24) is 4.90 Å². The van der Waals surface area contributed by atoms with Gasteiger partial charge in [-0.15, -0.1) is 0 Å². The summed E-state index contributed by atoms with van der Waals surface area (Å²) in [5, 5.41) is 10.8. The fourth-order valence-electron chi connectivity index (χ4n) is 2.33. The Balaban J connectivity index is 0. The Hall–Kier alpha value is 0.546. The average Bonchev–Trinajstić information content (AvgIpc) is 2.45. The Morgan fingerprint density at radius 2 is 1.32 bits per heavy atom. The molecule has 0 rings (SSSR count). The number of nitrogens with zero attached hydrogens (tertiary/aromatic N) is 1. The number of rotatable bonds is 14. The van der Waals surface area contributed by atoms with Gasteiger partial charge in [0, 0.05) is 6.54 Å². The van der Waals surface area contributed by atoms with Gasteiger partial charge in [-0.2, -0.15) is 0 Å². The maximum Gasteiger partial charge on any atom is 1.00 e. The van der Waals surface area contributed by atoms with Gasteiger partial charge in [0.25, 0.3) is 0 Å². The molecule has 0 aliphatic carbocycles. The van der Waals surface area contributed by atoms with Gasteiger partial charge in [-0.1, -0.05) is 37.1 Å². The molecule has 4 heteroatoms. The number of carboxylic acid groups (broad SMARTS) is 1. The molecule has 0 aliphatic heterocycles. The third-order valence-corrected chi connectivity index (χ3v) is 3.51. The number of unbranched alkanes of at least 4 members (excludes halogenated alkanes) is 6. The molecule has 0 aliphatic rings. The summed E-state index contributed by atoms with van der Waals surface area (Å²) in [6.07, 6.45) is 17.6. The molecule has 122 valence electrons. The van der Waals surface area contributed by atoms with Gasteiger partial charge in [-0.25, -0.2) is 0 Å². The number of hydrogen-bond acceptors (Lipinski definition) is 3. The van der Waals surface area contributed by atoms with Crippen LogP contribution in [0.3, 0.4) is 0 Å². The molecule has 0 saturated carbocycles. The van der Waals surface area contributed by atoms with Crippen LogP contribution in [0.1, 0.15) is 65.2 Å². The van der Waals surface area contributed by atoms with Gasteiger partial charge in [0.2, 0.25) is 0 Å². The zero-order chi connectivity index (χ0) is 15.8. The smallest absolute Gasteiger partial charge is 0.549 e. The van der Waals surface area contributed by atoms with E-state index in [4.69, 9.17) is 0 Å². The summed E-state index contributed by atoms with van der Waals surface area (Å²) in [5.74, 6) is -0.960. The van der Waals surface area contributed by atoms with Crippen LogP contribution in [-0.4, -0.2) is 30.5 Å². The van der Waals surface area contributed by atoms with E-state index in [9.17, 15) is 9.90 Å². The van der Waals surface area contributed by atoms with Gasteiger partial charge in [0.15, 0.2) is 0 Å². The third-order valence-electron chi connectivity index (χ3n) is 3.51. The summed E-state index contributed by atoms with van der Waals surface area (Å²) in [6, 6.07) is 0. The number of aliphatic carboxylic acids is 1. The van der Waals surface area contributed by atoms with Crippen molar-refractivity contribution in [2.75, 3.05) is 19.6 Å². The number of carbonyl (C=O) groups excluding carboxylic acids is 1. The Morgan fingerprint density at radius 3 is 1.68 bits per heavy atom. The van der Waals surface area contributed by atoms with Crippen LogP contribution >= 0.6 is 0 Å². The molecule has 0 unspecified atom stereocenters. The van der Waals surface area contributed by atoms with Gasteiger partial charge in [0.1, 0.15) is 0 Å². The molecule has 0 amide bonds. The predicted molar refractivity (Wildman–Crippen MR) is 88.0 cm³/mol. The van der Waals surface area contributed by atoms with E-state index in [2.05, 4.69) is 24.3 Å². The molecule has 3 nitrogen and oxygen atoms in total. The average molecular weight is 334 g/mol. The molecule has 0 aromatic heterocycles. The van der Waals surface area contributed by atoms with E-state index in [1.807, 2.05) is 18.7 Å². The quantitative estimate of drug-likeness (QED) is 0.261. The third kappa shape index (κ3) is 18.6. The van der Waals surface area contributed by atoms with E-state index in [1.54, 1.807) is 0 Å². The number of carbonyl (C=O) groups is 1. The summed E-state index contributed by atoms with van der Waals surface area (Å²) in [6.45, 7) is 5.90. The maximum atomic E-state index is 10.8. The topological polar surface area (TPSA) is 43.4 Å². The van der Waals surface area contributed by atoms with Crippen molar-refractivity contribution in [2.45, 2.75) is 65.2 Å². The fraction of sp³-hybridized carbons (Fsp3) is 0.722. The zero-order valence-electron chi connectivity index (χ0n) is 14.9. The van der Waals surface area contributed by atoms with Crippen LogP contribution < -0.4 is 56.5 Å². The molecule has 0 saturated heterocycles. The molecule has 0 spiro atoms. The monoisotopic (exact) mass is 333 g/mol. The summed E-state index contributed by atoms with van der Waals surface area (Å²) in [4.78, 5) is 12.8. The molecule has 0 radical (unpaired) electrons. The van der Waals surface area contributed by atoms with Crippen LogP contribution in [0.15, 0.2) is 24.3 Å². The van der Waals surface area contributed by atoms with E-state index < -0.39 is 5.97 Å². The normalized spacial score (nSPS) is 11.4.